The van der Waals surface area contributed by atoms with Gasteiger partial charge in [-0.2, -0.15) is 0 Å². The van der Waals surface area contributed by atoms with Gasteiger partial charge in [0.15, 0.2) is 17.5 Å². The topological polar surface area (TPSA) is 69.9 Å². The zero-order valence-corrected chi connectivity index (χ0v) is 27.1. The molecule has 51 heavy (non-hydrogen) atoms. The summed E-state index contributed by atoms with van der Waals surface area (Å²) >= 11 is 0. The molecule has 0 atom stereocenters. The van der Waals surface area contributed by atoms with Crippen LogP contribution in [0.1, 0.15) is 0 Å². The van der Waals surface area contributed by atoms with Crippen LogP contribution in [0, 0.1) is 0 Å². The zero-order chi connectivity index (χ0) is 33.5. The fourth-order valence-corrected chi connectivity index (χ4v) is 7.68. The highest BCUT2D eigenvalue weighted by molar-refractivity contribution is 6.29. The summed E-state index contributed by atoms with van der Waals surface area (Å²) in [5.74, 6) is 1.79. The van der Waals surface area contributed by atoms with Crippen molar-refractivity contribution >= 4 is 65.7 Å². The van der Waals surface area contributed by atoms with Crippen molar-refractivity contribution in [2.75, 3.05) is 0 Å². The Balaban J connectivity index is 1.26. The van der Waals surface area contributed by atoms with Crippen molar-refractivity contribution in [1.82, 2.24) is 19.5 Å². The van der Waals surface area contributed by atoms with Gasteiger partial charge in [-0.25, -0.2) is 15.0 Å². The second-order valence-electron chi connectivity index (χ2n) is 12.8. The van der Waals surface area contributed by atoms with Crippen LogP contribution >= 0.6 is 0 Å². The van der Waals surface area contributed by atoms with Crippen LogP contribution in [-0.4, -0.2) is 19.5 Å². The van der Waals surface area contributed by atoms with E-state index >= 15 is 0 Å². The standard InChI is InChI=1S/C45H26N4O2/c1-3-13-27(14-4-1)43-46-44(28-15-5-2-6-16-28)48-45(47-43)31-19-11-23-35-39(31)41-37(50-35)25-26-38-42(41)40-34(22-12-24-36(40)51-38)49-32-20-9-7-17-29(32)30-18-8-10-21-33(30)49/h1-26H. The number of benzene rings is 7. The lowest BCUT2D eigenvalue weighted by atomic mass is 10.0. The Hall–Kier alpha value is -7.05. The van der Waals surface area contributed by atoms with Crippen molar-refractivity contribution in [2.24, 2.45) is 0 Å². The molecule has 0 aliphatic heterocycles. The average molecular weight is 655 g/mol. The third-order valence-electron chi connectivity index (χ3n) is 9.86. The third-order valence-corrected chi connectivity index (χ3v) is 9.86. The van der Waals surface area contributed by atoms with Crippen LogP contribution in [0.15, 0.2) is 167 Å². The first-order valence-corrected chi connectivity index (χ1v) is 17.0. The number of furan rings is 2. The van der Waals surface area contributed by atoms with Crippen molar-refractivity contribution in [1.29, 1.82) is 0 Å². The summed E-state index contributed by atoms with van der Waals surface area (Å²) in [6.45, 7) is 0. The normalized spacial score (nSPS) is 11.9. The molecular weight excluding hydrogens is 629 g/mol. The van der Waals surface area contributed by atoms with Crippen LogP contribution < -0.4 is 0 Å². The van der Waals surface area contributed by atoms with Crippen LogP contribution in [0.25, 0.3) is 106 Å². The van der Waals surface area contributed by atoms with Crippen molar-refractivity contribution in [3.8, 4) is 39.9 Å². The van der Waals surface area contributed by atoms with Crippen LogP contribution in [-0.2, 0) is 0 Å². The molecule has 7 aromatic carbocycles. The first-order chi connectivity index (χ1) is 25.3. The van der Waals surface area contributed by atoms with E-state index in [4.69, 9.17) is 23.8 Å². The number of hydrogen-bond acceptors (Lipinski definition) is 5. The number of nitrogens with zero attached hydrogens (tertiary/aromatic N) is 4. The van der Waals surface area contributed by atoms with Gasteiger partial charge in [0.2, 0.25) is 0 Å². The molecule has 11 aromatic rings. The molecule has 6 nitrogen and oxygen atoms in total. The fourth-order valence-electron chi connectivity index (χ4n) is 7.68. The van der Waals surface area contributed by atoms with Gasteiger partial charge >= 0.3 is 0 Å². The Bertz CT molecular complexity index is 3030. The number of fused-ring (bicyclic) bond motifs is 10. The van der Waals surface area contributed by atoms with Crippen molar-refractivity contribution in [2.45, 2.75) is 0 Å². The lowest BCUT2D eigenvalue weighted by Crippen LogP contribution is -2.00. The minimum atomic E-state index is 0.573. The summed E-state index contributed by atoms with van der Waals surface area (Å²) < 4.78 is 15.6. The van der Waals surface area contributed by atoms with E-state index < -0.39 is 0 Å². The molecule has 0 radical (unpaired) electrons. The highest BCUT2D eigenvalue weighted by atomic mass is 16.3. The first kappa shape index (κ1) is 27.9. The van der Waals surface area contributed by atoms with E-state index in [1.54, 1.807) is 0 Å². The zero-order valence-electron chi connectivity index (χ0n) is 27.1. The van der Waals surface area contributed by atoms with Crippen molar-refractivity contribution in [3.05, 3.63) is 158 Å². The summed E-state index contributed by atoms with van der Waals surface area (Å²) in [6, 6.07) is 53.7. The van der Waals surface area contributed by atoms with Gasteiger partial charge in [0.1, 0.15) is 22.3 Å². The second-order valence-corrected chi connectivity index (χ2v) is 12.8. The van der Waals surface area contributed by atoms with Gasteiger partial charge in [0.25, 0.3) is 0 Å². The molecule has 0 fully saturated rings. The second kappa shape index (κ2) is 10.7. The number of aromatic nitrogens is 4. The van der Waals surface area contributed by atoms with E-state index in [9.17, 15) is 0 Å². The van der Waals surface area contributed by atoms with Gasteiger partial charge in [-0.15, -0.1) is 0 Å². The molecule has 0 saturated heterocycles. The minimum absolute atomic E-state index is 0.573. The van der Waals surface area contributed by atoms with E-state index in [1.807, 2.05) is 91.0 Å². The average Bonchev–Trinajstić information content (AvgIpc) is 3.88. The minimum Gasteiger partial charge on any atom is -0.456 e. The van der Waals surface area contributed by atoms with Crippen molar-refractivity contribution in [3.63, 3.8) is 0 Å². The van der Waals surface area contributed by atoms with E-state index in [0.29, 0.717) is 17.5 Å². The molecule has 0 bridgehead atoms. The Morgan fingerprint density at radius 1 is 0.353 bits per heavy atom. The van der Waals surface area contributed by atoms with Gasteiger partial charge in [-0.1, -0.05) is 115 Å². The first-order valence-electron chi connectivity index (χ1n) is 17.0. The van der Waals surface area contributed by atoms with Crippen molar-refractivity contribution < 1.29 is 8.83 Å². The Kier molecular flexibility index (Phi) is 5.86. The van der Waals surface area contributed by atoms with Gasteiger partial charge in [0, 0.05) is 43.6 Å². The predicted molar refractivity (Wildman–Crippen MR) is 205 cm³/mol. The molecule has 0 spiro atoms. The molecule has 4 heterocycles. The molecule has 0 amide bonds. The number of hydrogen-bond donors (Lipinski definition) is 0. The van der Waals surface area contributed by atoms with Gasteiger partial charge in [-0.3, -0.25) is 0 Å². The Labute approximate surface area is 290 Å². The maximum absolute atomic E-state index is 6.64. The highest BCUT2D eigenvalue weighted by Gasteiger charge is 2.24. The molecule has 11 rings (SSSR count). The van der Waals surface area contributed by atoms with Gasteiger partial charge < -0.3 is 13.4 Å². The summed E-state index contributed by atoms with van der Waals surface area (Å²) in [4.78, 5) is 15.1. The molecule has 6 heteroatoms. The maximum Gasteiger partial charge on any atom is 0.164 e. The number of para-hydroxylation sites is 2. The summed E-state index contributed by atoms with van der Waals surface area (Å²) in [5, 5.41) is 6.32. The van der Waals surface area contributed by atoms with Crippen LogP contribution in [0.3, 0.4) is 0 Å². The van der Waals surface area contributed by atoms with Gasteiger partial charge in [0.05, 0.1) is 22.1 Å². The molecule has 238 valence electrons. The molecule has 0 N–H and O–H groups in total. The van der Waals surface area contributed by atoms with E-state index in [1.165, 1.54) is 10.8 Å². The lowest BCUT2D eigenvalue weighted by molar-refractivity contribution is 0.663. The molecule has 0 unspecified atom stereocenters. The van der Waals surface area contributed by atoms with Crippen LogP contribution in [0.4, 0.5) is 0 Å². The summed E-state index contributed by atoms with van der Waals surface area (Å²) in [7, 11) is 0. The van der Waals surface area contributed by atoms with Crippen LogP contribution in [0.5, 0.6) is 0 Å². The molecule has 4 aromatic heterocycles. The highest BCUT2D eigenvalue weighted by Crippen LogP contribution is 2.45. The fraction of sp³-hybridized carbons (Fsp3) is 0. The SMILES string of the molecule is c1ccc(-c2nc(-c3ccccc3)nc(-c3cccc4oc5ccc6oc7cccc(-n8c9ccccc9c9ccccc98)c7c6c5c34)n2)cc1. The summed E-state index contributed by atoms with van der Waals surface area (Å²) in [6.07, 6.45) is 0. The molecule has 0 saturated carbocycles. The third kappa shape index (κ3) is 4.14. The monoisotopic (exact) mass is 654 g/mol. The maximum atomic E-state index is 6.64. The lowest BCUT2D eigenvalue weighted by Gasteiger charge is -2.10. The predicted octanol–water partition coefficient (Wildman–Crippen LogP) is 11.8. The van der Waals surface area contributed by atoms with E-state index in [2.05, 4.69) is 71.3 Å². The molecular formula is C45H26N4O2. The van der Waals surface area contributed by atoms with E-state index in [-0.39, 0.29) is 0 Å². The Morgan fingerprint density at radius 2 is 0.824 bits per heavy atom. The molecule has 0 aliphatic carbocycles. The molecule has 0 aliphatic rings. The quantitative estimate of drug-likeness (QED) is 0.189. The smallest absolute Gasteiger partial charge is 0.164 e. The van der Waals surface area contributed by atoms with E-state index in [0.717, 1.165) is 77.3 Å². The Morgan fingerprint density at radius 3 is 1.43 bits per heavy atom. The summed E-state index contributed by atoms with van der Waals surface area (Å²) in [5.41, 5.74) is 9.13. The largest absolute Gasteiger partial charge is 0.456 e. The van der Waals surface area contributed by atoms with Crippen LogP contribution in [0.2, 0.25) is 0 Å². The number of rotatable bonds is 4. The van der Waals surface area contributed by atoms with Gasteiger partial charge in [-0.05, 0) is 42.5 Å².